The fourth-order valence-electron chi connectivity index (χ4n) is 3.15. The molecule has 8 heteroatoms. The lowest BCUT2D eigenvalue weighted by molar-refractivity contribution is -0.131. The number of carbonyl (C=O) groups is 2. The monoisotopic (exact) mass is 387 g/mol. The molecule has 0 bridgehead atoms. The number of nitrogens with zero attached hydrogens (tertiary/aromatic N) is 4. The van der Waals surface area contributed by atoms with Crippen LogP contribution in [-0.2, 0) is 11.3 Å². The first-order chi connectivity index (χ1) is 13.1. The normalized spacial score (nSPS) is 17.0. The fourth-order valence-corrected chi connectivity index (χ4v) is 4.20. The van der Waals surface area contributed by atoms with E-state index in [2.05, 4.69) is 22.3 Å². The maximum atomic E-state index is 12.5. The smallest absolute Gasteiger partial charge is 0.268 e. The Morgan fingerprint density at radius 1 is 1.33 bits per heavy atom. The lowest BCUT2D eigenvalue weighted by atomic mass is 10.2. The summed E-state index contributed by atoms with van der Waals surface area (Å²) in [7, 11) is 0. The van der Waals surface area contributed by atoms with E-state index < -0.39 is 0 Å². The topological polar surface area (TPSA) is 80.1 Å². The molecule has 2 amide bonds. The summed E-state index contributed by atoms with van der Waals surface area (Å²) < 4.78 is 1.66. The van der Waals surface area contributed by atoms with Gasteiger partial charge >= 0.3 is 0 Å². The molecule has 2 aromatic heterocycles. The highest BCUT2D eigenvalue weighted by Gasteiger charge is 2.30. The zero-order valence-electron chi connectivity index (χ0n) is 15.7. The van der Waals surface area contributed by atoms with Crippen molar-refractivity contribution in [1.82, 2.24) is 19.7 Å². The molecule has 1 N–H and O–H groups in total. The number of rotatable bonds is 7. The van der Waals surface area contributed by atoms with Crippen molar-refractivity contribution in [3.8, 4) is 0 Å². The number of nitrogens with one attached hydrogen (secondary N) is 1. The molecular weight excluding hydrogens is 362 g/mol. The Morgan fingerprint density at radius 3 is 2.93 bits per heavy atom. The van der Waals surface area contributed by atoms with Gasteiger partial charge in [-0.1, -0.05) is 19.1 Å². The third-order valence-corrected chi connectivity index (χ3v) is 5.72. The molecule has 2 aromatic rings. The SMILES string of the molecule is CCC=CCC(=O)N1CCCC1c1ccc(C(=O)Nc2ncn(CC)n2)s1. The predicted molar refractivity (Wildman–Crippen MR) is 106 cm³/mol. The number of aromatic nitrogens is 3. The van der Waals surface area contributed by atoms with Crippen molar-refractivity contribution in [3.05, 3.63) is 40.4 Å². The second-order valence-electron chi connectivity index (χ2n) is 6.41. The Balaban J connectivity index is 1.65. The summed E-state index contributed by atoms with van der Waals surface area (Å²) in [6, 6.07) is 3.83. The van der Waals surface area contributed by atoms with E-state index in [4.69, 9.17) is 0 Å². The molecule has 1 atom stereocenters. The third-order valence-electron chi connectivity index (χ3n) is 4.53. The van der Waals surface area contributed by atoms with E-state index in [1.54, 1.807) is 11.0 Å². The molecule has 3 heterocycles. The van der Waals surface area contributed by atoms with Gasteiger partial charge in [0, 0.05) is 24.4 Å². The highest BCUT2D eigenvalue weighted by atomic mass is 32.1. The summed E-state index contributed by atoms with van der Waals surface area (Å²) in [4.78, 5) is 32.6. The predicted octanol–water partition coefficient (Wildman–Crippen LogP) is 3.63. The molecule has 0 aromatic carbocycles. The number of anilines is 1. The van der Waals surface area contributed by atoms with Crippen LogP contribution < -0.4 is 5.32 Å². The van der Waals surface area contributed by atoms with Gasteiger partial charge in [0.15, 0.2) is 0 Å². The molecule has 1 fully saturated rings. The van der Waals surface area contributed by atoms with Crippen LogP contribution in [0.3, 0.4) is 0 Å². The molecule has 1 unspecified atom stereocenters. The van der Waals surface area contributed by atoms with Crippen molar-refractivity contribution in [2.45, 2.75) is 52.1 Å². The number of allylic oxidation sites excluding steroid dienone is 1. The van der Waals surface area contributed by atoms with Crippen LogP contribution in [0, 0.1) is 0 Å². The summed E-state index contributed by atoms with van der Waals surface area (Å²) >= 11 is 1.43. The number of thiophene rings is 1. The number of hydrogen-bond acceptors (Lipinski definition) is 5. The molecule has 144 valence electrons. The number of carbonyl (C=O) groups excluding carboxylic acids is 2. The van der Waals surface area contributed by atoms with Crippen LogP contribution in [0.5, 0.6) is 0 Å². The lowest BCUT2D eigenvalue weighted by Gasteiger charge is -2.23. The molecule has 1 aliphatic heterocycles. The van der Waals surface area contributed by atoms with Gasteiger partial charge in [0.2, 0.25) is 11.9 Å². The Morgan fingerprint density at radius 2 is 2.19 bits per heavy atom. The van der Waals surface area contributed by atoms with Crippen LogP contribution >= 0.6 is 11.3 Å². The van der Waals surface area contributed by atoms with Crippen molar-refractivity contribution in [3.63, 3.8) is 0 Å². The van der Waals surface area contributed by atoms with Crippen LogP contribution in [-0.4, -0.2) is 38.0 Å². The Bertz CT molecular complexity index is 826. The van der Waals surface area contributed by atoms with Crippen molar-refractivity contribution < 1.29 is 9.59 Å². The fraction of sp³-hybridized carbons (Fsp3) is 0.474. The molecule has 1 saturated heterocycles. The van der Waals surface area contributed by atoms with Gasteiger partial charge in [-0.05, 0) is 38.3 Å². The maximum Gasteiger partial charge on any atom is 0.268 e. The minimum Gasteiger partial charge on any atom is -0.335 e. The van der Waals surface area contributed by atoms with Crippen LogP contribution in [0.15, 0.2) is 30.6 Å². The van der Waals surface area contributed by atoms with Gasteiger partial charge in [0.25, 0.3) is 5.91 Å². The molecule has 0 spiro atoms. The zero-order chi connectivity index (χ0) is 19.2. The maximum absolute atomic E-state index is 12.5. The molecule has 3 rings (SSSR count). The van der Waals surface area contributed by atoms with E-state index in [9.17, 15) is 9.59 Å². The van der Waals surface area contributed by atoms with Crippen LogP contribution in [0.1, 0.15) is 60.1 Å². The second kappa shape index (κ2) is 8.94. The van der Waals surface area contributed by atoms with E-state index in [1.165, 1.54) is 11.3 Å². The minimum absolute atomic E-state index is 0.0662. The third kappa shape index (κ3) is 4.63. The largest absolute Gasteiger partial charge is 0.335 e. The lowest BCUT2D eigenvalue weighted by Crippen LogP contribution is -2.29. The number of likely N-dealkylation sites (tertiary alicyclic amines) is 1. The molecular formula is C19H25N5O2S. The summed E-state index contributed by atoms with van der Waals surface area (Å²) in [6.45, 7) is 5.49. The van der Waals surface area contributed by atoms with Gasteiger partial charge in [-0.2, -0.15) is 0 Å². The van der Waals surface area contributed by atoms with Gasteiger partial charge in [0.05, 0.1) is 10.9 Å². The van der Waals surface area contributed by atoms with E-state index in [1.807, 2.05) is 36.1 Å². The van der Waals surface area contributed by atoms with E-state index in [0.29, 0.717) is 23.8 Å². The van der Waals surface area contributed by atoms with Crippen LogP contribution in [0.25, 0.3) is 0 Å². The summed E-state index contributed by atoms with van der Waals surface area (Å²) in [5, 5.41) is 6.89. The van der Waals surface area contributed by atoms with Crippen LogP contribution in [0.2, 0.25) is 0 Å². The van der Waals surface area contributed by atoms with Gasteiger partial charge in [-0.25, -0.2) is 4.98 Å². The summed E-state index contributed by atoms with van der Waals surface area (Å²) in [6.07, 6.45) is 8.85. The molecule has 1 aliphatic rings. The number of hydrogen-bond donors (Lipinski definition) is 1. The van der Waals surface area contributed by atoms with Gasteiger partial charge < -0.3 is 4.90 Å². The molecule has 0 saturated carbocycles. The van der Waals surface area contributed by atoms with E-state index in [0.717, 1.165) is 30.7 Å². The van der Waals surface area contributed by atoms with Crippen LogP contribution in [0.4, 0.5) is 5.95 Å². The molecule has 0 radical (unpaired) electrons. The van der Waals surface area contributed by atoms with Gasteiger partial charge in [0.1, 0.15) is 6.33 Å². The first-order valence-electron chi connectivity index (χ1n) is 9.37. The number of aryl methyl sites for hydroxylation is 1. The molecule has 27 heavy (non-hydrogen) atoms. The quantitative estimate of drug-likeness (QED) is 0.736. The zero-order valence-corrected chi connectivity index (χ0v) is 16.5. The standard InChI is InChI=1S/C19H25N5O2S/c1-3-5-6-9-17(25)24-12-7-8-14(24)15-10-11-16(27-15)18(26)21-19-20-13-23(4-2)22-19/h5-6,10-11,13-14H,3-4,7-9,12H2,1-2H3,(H,21,22,26). The van der Waals surface area contributed by atoms with E-state index >= 15 is 0 Å². The first kappa shape index (κ1) is 19.3. The summed E-state index contributed by atoms with van der Waals surface area (Å²) in [5.74, 6) is 0.231. The Labute approximate surface area is 163 Å². The average Bonchev–Trinajstić information content (AvgIpc) is 3.40. The molecule has 7 nitrogen and oxygen atoms in total. The van der Waals surface area contributed by atoms with Crippen molar-refractivity contribution in [1.29, 1.82) is 0 Å². The van der Waals surface area contributed by atoms with Crippen molar-refractivity contribution >= 4 is 29.1 Å². The van der Waals surface area contributed by atoms with Crippen molar-refractivity contribution in [2.75, 3.05) is 11.9 Å². The van der Waals surface area contributed by atoms with Gasteiger partial charge in [-0.3, -0.25) is 19.6 Å². The Kier molecular flexibility index (Phi) is 6.39. The minimum atomic E-state index is -0.221. The highest BCUT2D eigenvalue weighted by molar-refractivity contribution is 7.14. The number of amides is 2. The second-order valence-corrected chi connectivity index (χ2v) is 7.52. The Hall–Kier alpha value is -2.48. The average molecular weight is 388 g/mol. The van der Waals surface area contributed by atoms with Gasteiger partial charge in [-0.15, -0.1) is 16.4 Å². The van der Waals surface area contributed by atoms with E-state index in [-0.39, 0.29) is 17.9 Å². The highest BCUT2D eigenvalue weighted by Crippen LogP contribution is 2.36. The van der Waals surface area contributed by atoms with Crippen molar-refractivity contribution in [2.24, 2.45) is 0 Å². The summed E-state index contributed by atoms with van der Waals surface area (Å²) in [5.41, 5.74) is 0. The first-order valence-corrected chi connectivity index (χ1v) is 10.2. The molecule has 0 aliphatic carbocycles.